The lowest BCUT2D eigenvalue weighted by Gasteiger charge is -2.05. The van der Waals surface area contributed by atoms with Crippen LogP contribution in [-0.2, 0) is 6.54 Å². The first-order valence-electron chi connectivity index (χ1n) is 5.38. The van der Waals surface area contributed by atoms with E-state index >= 15 is 0 Å². The number of nitrogens with zero attached hydrogens (tertiary/aromatic N) is 5. The number of imidazole rings is 1. The van der Waals surface area contributed by atoms with Crippen molar-refractivity contribution in [1.29, 1.82) is 0 Å². The van der Waals surface area contributed by atoms with E-state index in [1.54, 1.807) is 17.1 Å². The fourth-order valence-electron chi connectivity index (χ4n) is 1.77. The monoisotopic (exact) mass is 294 g/mol. The minimum absolute atomic E-state index is 0.0871. The Kier molecular flexibility index (Phi) is 2.96. The Bertz CT molecular complexity index is 754. The molecule has 0 unspecified atom stereocenters. The van der Waals surface area contributed by atoms with E-state index in [9.17, 15) is 0 Å². The molecule has 0 radical (unpaired) electrons. The van der Waals surface area contributed by atoms with Crippen molar-refractivity contribution in [3.05, 3.63) is 40.7 Å². The van der Waals surface area contributed by atoms with Gasteiger partial charge < -0.3 is 10.3 Å². The van der Waals surface area contributed by atoms with Crippen molar-refractivity contribution in [1.82, 2.24) is 24.5 Å². The average molecular weight is 295 g/mol. The van der Waals surface area contributed by atoms with Crippen LogP contribution in [0.1, 0.15) is 5.56 Å². The molecule has 0 aromatic carbocycles. The van der Waals surface area contributed by atoms with E-state index in [-0.39, 0.29) is 11.1 Å². The topological polar surface area (TPSA) is 82.5 Å². The number of anilines is 1. The number of fused-ring (bicyclic) bond motifs is 1. The van der Waals surface area contributed by atoms with Gasteiger partial charge >= 0.3 is 0 Å². The summed E-state index contributed by atoms with van der Waals surface area (Å²) in [4.78, 5) is 16.2. The summed E-state index contributed by atoms with van der Waals surface area (Å²) in [6, 6.07) is 3.70. The average Bonchev–Trinajstić information content (AvgIpc) is 2.76. The normalized spacial score (nSPS) is 11.1. The van der Waals surface area contributed by atoms with Crippen molar-refractivity contribution < 1.29 is 0 Å². The molecule has 96 valence electrons. The summed E-state index contributed by atoms with van der Waals surface area (Å²) in [7, 11) is 0. The van der Waals surface area contributed by atoms with E-state index in [0.717, 1.165) is 5.56 Å². The molecular weight excluding hydrogens is 287 g/mol. The number of hydrogen-bond donors (Lipinski definition) is 1. The minimum Gasteiger partial charge on any atom is -0.382 e. The van der Waals surface area contributed by atoms with Crippen LogP contribution < -0.4 is 5.73 Å². The van der Waals surface area contributed by atoms with Crippen LogP contribution in [0.5, 0.6) is 0 Å². The third kappa shape index (κ3) is 2.20. The van der Waals surface area contributed by atoms with Crippen molar-refractivity contribution in [2.24, 2.45) is 0 Å². The molecular formula is C11H8Cl2N6. The van der Waals surface area contributed by atoms with E-state index in [0.29, 0.717) is 22.9 Å². The maximum Gasteiger partial charge on any atom is 0.226 e. The Balaban J connectivity index is 2.09. The number of nitrogen functional groups attached to an aromatic ring is 1. The Morgan fingerprint density at radius 3 is 2.84 bits per heavy atom. The molecule has 3 aromatic rings. The number of aromatic nitrogens is 5. The molecule has 0 saturated heterocycles. The zero-order valence-electron chi connectivity index (χ0n) is 9.59. The molecule has 0 aliphatic rings. The first-order valence-corrected chi connectivity index (χ1v) is 6.14. The zero-order chi connectivity index (χ0) is 13.4. The lowest BCUT2D eigenvalue weighted by atomic mass is 10.3. The first-order chi connectivity index (χ1) is 9.15. The molecule has 3 rings (SSSR count). The van der Waals surface area contributed by atoms with Gasteiger partial charge in [0.1, 0.15) is 10.7 Å². The van der Waals surface area contributed by atoms with Gasteiger partial charge in [-0.1, -0.05) is 17.7 Å². The predicted molar refractivity (Wildman–Crippen MR) is 73.1 cm³/mol. The van der Waals surface area contributed by atoms with Crippen LogP contribution in [-0.4, -0.2) is 24.5 Å². The number of rotatable bonds is 2. The van der Waals surface area contributed by atoms with Gasteiger partial charge in [0.2, 0.25) is 5.28 Å². The molecule has 0 saturated carbocycles. The van der Waals surface area contributed by atoms with Crippen LogP contribution in [0.4, 0.5) is 5.82 Å². The van der Waals surface area contributed by atoms with E-state index < -0.39 is 0 Å². The summed E-state index contributed by atoms with van der Waals surface area (Å²) in [5.74, 6) is 0.256. The third-order valence-corrected chi connectivity index (χ3v) is 3.15. The first kappa shape index (κ1) is 12.1. The smallest absolute Gasteiger partial charge is 0.226 e. The molecule has 0 spiro atoms. The van der Waals surface area contributed by atoms with E-state index in [1.807, 2.05) is 12.1 Å². The quantitative estimate of drug-likeness (QED) is 0.578. The van der Waals surface area contributed by atoms with Gasteiger partial charge in [-0.15, -0.1) is 0 Å². The van der Waals surface area contributed by atoms with Crippen molar-refractivity contribution >= 4 is 40.2 Å². The highest BCUT2D eigenvalue weighted by Gasteiger charge is 2.11. The molecule has 0 amide bonds. The summed E-state index contributed by atoms with van der Waals surface area (Å²) >= 11 is 11.8. The molecule has 3 heterocycles. The lowest BCUT2D eigenvalue weighted by molar-refractivity contribution is 0.809. The highest BCUT2D eigenvalue weighted by molar-refractivity contribution is 6.30. The van der Waals surface area contributed by atoms with Crippen molar-refractivity contribution in [2.75, 3.05) is 5.73 Å². The Morgan fingerprint density at radius 2 is 2.05 bits per heavy atom. The zero-order valence-corrected chi connectivity index (χ0v) is 11.1. The summed E-state index contributed by atoms with van der Waals surface area (Å²) in [5, 5.41) is 0.529. The van der Waals surface area contributed by atoms with Crippen LogP contribution in [0.25, 0.3) is 11.2 Å². The molecule has 0 atom stereocenters. The lowest BCUT2D eigenvalue weighted by Crippen LogP contribution is -2.02. The minimum atomic E-state index is 0.0871. The molecule has 3 aromatic heterocycles. The van der Waals surface area contributed by atoms with Gasteiger partial charge in [-0.25, -0.2) is 9.97 Å². The Labute approximate surface area is 118 Å². The van der Waals surface area contributed by atoms with Crippen LogP contribution in [0.3, 0.4) is 0 Å². The third-order valence-electron chi connectivity index (χ3n) is 2.64. The molecule has 6 nitrogen and oxygen atoms in total. The second kappa shape index (κ2) is 4.64. The van der Waals surface area contributed by atoms with Gasteiger partial charge in [0.05, 0.1) is 12.9 Å². The second-order valence-corrected chi connectivity index (χ2v) is 4.57. The summed E-state index contributed by atoms with van der Waals surface area (Å²) < 4.78 is 1.79. The van der Waals surface area contributed by atoms with Crippen molar-refractivity contribution in [3.8, 4) is 0 Å². The highest BCUT2D eigenvalue weighted by Crippen LogP contribution is 2.20. The molecule has 0 fully saturated rings. The SMILES string of the molecule is Nc1nc(Cl)nc2c1ncn2Cc1cccnc1Cl. The number of hydrogen-bond acceptors (Lipinski definition) is 5. The fourth-order valence-corrected chi connectivity index (χ4v) is 2.13. The van der Waals surface area contributed by atoms with E-state index in [2.05, 4.69) is 19.9 Å². The van der Waals surface area contributed by atoms with Crippen LogP contribution in [0.2, 0.25) is 10.4 Å². The maximum absolute atomic E-state index is 6.03. The summed E-state index contributed by atoms with van der Waals surface area (Å²) in [5.41, 5.74) is 7.69. The Hall–Kier alpha value is -1.92. The fraction of sp³-hybridized carbons (Fsp3) is 0.0909. The number of halogens is 2. The van der Waals surface area contributed by atoms with Crippen molar-refractivity contribution in [2.45, 2.75) is 6.54 Å². The van der Waals surface area contributed by atoms with Gasteiger partial charge in [0, 0.05) is 11.8 Å². The number of pyridine rings is 1. The van der Waals surface area contributed by atoms with Crippen LogP contribution in [0, 0.1) is 0 Å². The molecule has 0 bridgehead atoms. The molecule has 2 N–H and O–H groups in total. The molecule has 0 aliphatic carbocycles. The van der Waals surface area contributed by atoms with Crippen LogP contribution in [0.15, 0.2) is 24.7 Å². The largest absolute Gasteiger partial charge is 0.382 e. The van der Waals surface area contributed by atoms with E-state index in [4.69, 9.17) is 28.9 Å². The molecule has 0 aliphatic heterocycles. The summed E-state index contributed by atoms with van der Waals surface area (Å²) in [6.45, 7) is 0.482. The predicted octanol–water partition coefficient (Wildman–Crippen LogP) is 2.16. The molecule has 19 heavy (non-hydrogen) atoms. The Morgan fingerprint density at radius 1 is 1.21 bits per heavy atom. The second-order valence-electron chi connectivity index (χ2n) is 3.88. The van der Waals surface area contributed by atoms with Gasteiger partial charge in [0.25, 0.3) is 0 Å². The van der Waals surface area contributed by atoms with Gasteiger partial charge in [0.15, 0.2) is 11.5 Å². The molecule has 8 heteroatoms. The highest BCUT2D eigenvalue weighted by atomic mass is 35.5. The van der Waals surface area contributed by atoms with Gasteiger partial charge in [-0.3, -0.25) is 0 Å². The standard InChI is InChI=1S/C11H8Cl2N6/c12-8-6(2-1-3-15-8)4-19-5-16-7-9(14)17-11(13)18-10(7)19/h1-3,5H,4H2,(H2,14,17,18). The number of nitrogens with two attached hydrogens (primary N) is 1. The maximum atomic E-state index is 6.03. The summed E-state index contributed by atoms with van der Waals surface area (Å²) in [6.07, 6.45) is 3.25. The van der Waals surface area contributed by atoms with Crippen molar-refractivity contribution in [3.63, 3.8) is 0 Å². The van der Waals surface area contributed by atoms with Crippen LogP contribution >= 0.6 is 23.2 Å². The van der Waals surface area contributed by atoms with E-state index in [1.165, 1.54) is 0 Å². The van der Waals surface area contributed by atoms with Gasteiger partial charge in [-0.05, 0) is 17.7 Å². The van der Waals surface area contributed by atoms with Gasteiger partial charge in [-0.2, -0.15) is 9.97 Å².